The first kappa shape index (κ1) is 21.1. The first-order valence-corrected chi connectivity index (χ1v) is 9.67. The van der Waals surface area contributed by atoms with E-state index >= 15 is 0 Å². The lowest BCUT2D eigenvalue weighted by atomic mass is 9.96. The van der Waals surface area contributed by atoms with Crippen LogP contribution < -0.4 is 4.74 Å². The fraction of sp³-hybridized carbons (Fsp3) is 0.238. The van der Waals surface area contributed by atoms with Crippen LogP contribution in [0.2, 0.25) is 0 Å². The minimum absolute atomic E-state index is 0.0428. The van der Waals surface area contributed by atoms with E-state index in [0.29, 0.717) is 15.6 Å². The van der Waals surface area contributed by atoms with E-state index in [4.69, 9.17) is 9.84 Å². The average Bonchev–Trinajstić information content (AvgIpc) is 2.69. The van der Waals surface area contributed by atoms with E-state index < -0.39 is 17.7 Å². The number of aliphatic hydroxyl groups is 1. The van der Waals surface area contributed by atoms with Gasteiger partial charge in [0, 0.05) is 17.1 Å². The molecule has 0 aliphatic carbocycles. The van der Waals surface area contributed by atoms with Crippen LogP contribution in [-0.4, -0.2) is 34.9 Å². The molecule has 29 heavy (non-hydrogen) atoms. The van der Waals surface area contributed by atoms with Gasteiger partial charge in [-0.2, -0.15) is 0 Å². The molecule has 0 spiro atoms. The maximum atomic E-state index is 14.0. The van der Waals surface area contributed by atoms with Crippen molar-refractivity contribution in [2.24, 2.45) is 0 Å². The molecule has 3 rings (SSSR count). The second-order valence-electron chi connectivity index (χ2n) is 6.48. The summed E-state index contributed by atoms with van der Waals surface area (Å²) in [6, 6.07) is 7.73. The predicted octanol–water partition coefficient (Wildman–Crippen LogP) is 3.70. The van der Waals surface area contributed by atoms with Gasteiger partial charge in [0.1, 0.15) is 12.4 Å². The van der Waals surface area contributed by atoms with Crippen LogP contribution in [0.5, 0.6) is 5.75 Å². The molecule has 0 aromatic heterocycles. The summed E-state index contributed by atoms with van der Waals surface area (Å²) in [5.74, 6) is -1.66. The molecule has 8 heteroatoms. The zero-order valence-corrected chi connectivity index (χ0v) is 16.9. The van der Waals surface area contributed by atoms with E-state index in [-0.39, 0.29) is 43.5 Å². The quantitative estimate of drug-likeness (QED) is 0.706. The Morgan fingerprint density at radius 2 is 2.07 bits per heavy atom. The van der Waals surface area contributed by atoms with Crippen molar-refractivity contribution in [3.05, 3.63) is 75.9 Å². The van der Waals surface area contributed by atoms with Gasteiger partial charge in [0.05, 0.1) is 19.1 Å². The summed E-state index contributed by atoms with van der Waals surface area (Å²) < 4.78 is 33.2. The monoisotopic (exact) mass is 465 g/mol. The van der Waals surface area contributed by atoms with Gasteiger partial charge < -0.3 is 14.7 Å². The molecule has 0 unspecified atom stereocenters. The third-order valence-corrected chi connectivity index (χ3v) is 5.20. The first-order chi connectivity index (χ1) is 13.9. The van der Waals surface area contributed by atoms with Crippen LogP contribution in [0.1, 0.15) is 23.6 Å². The number of rotatable bonds is 6. The molecule has 1 N–H and O–H groups in total. The molecule has 5 nitrogen and oxygen atoms in total. The molecule has 2 aromatic rings. The van der Waals surface area contributed by atoms with Crippen molar-refractivity contribution in [3.63, 3.8) is 0 Å². The number of carbonyl (C=O) groups excluding carboxylic acids is 2. The number of halogens is 3. The Balaban J connectivity index is 1.86. The molecule has 1 heterocycles. The van der Waals surface area contributed by atoms with Crippen LogP contribution in [0.15, 0.2) is 53.1 Å². The number of hydrogen-bond acceptors (Lipinski definition) is 4. The largest absolute Gasteiger partial charge is 0.488 e. The average molecular weight is 466 g/mol. The zero-order chi connectivity index (χ0) is 21.0. The number of allylic oxidation sites excluding steroid dienone is 1. The number of hydrogen-bond donors (Lipinski definition) is 1. The van der Waals surface area contributed by atoms with E-state index in [1.54, 1.807) is 6.07 Å². The Kier molecular flexibility index (Phi) is 6.76. The Morgan fingerprint density at radius 1 is 1.28 bits per heavy atom. The molecule has 0 radical (unpaired) electrons. The second-order valence-corrected chi connectivity index (χ2v) is 7.34. The van der Waals surface area contributed by atoms with Crippen LogP contribution in [-0.2, 0) is 16.0 Å². The standard InChI is InChI=1S/C21H18BrF2NO4/c22-17-12-18(24)20(29-7-6-26)9-14(17)10-21(28)25-5-4-16(27)11-19(25)13-2-1-3-15(23)8-13/h1-5,8-9,12,19,26H,6-7,10-11H2/t19-/m0/s1. The summed E-state index contributed by atoms with van der Waals surface area (Å²) in [5, 5.41) is 8.86. The molecular weight excluding hydrogens is 448 g/mol. The minimum atomic E-state index is -0.625. The smallest absolute Gasteiger partial charge is 0.231 e. The fourth-order valence-corrected chi connectivity index (χ4v) is 3.56. The van der Waals surface area contributed by atoms with E-state index in [1.807, 2.05) is 0 Å². The summed E-state index contributed by atoms with van der Waals surface area (Å²) in [6.07, 6.45) is 2.65. The van der Waals surface area contributed by atoms with Crippen molar-refractivity contribution in [2.45, 2.75) is 18.9 Å². The number of carbonyl (C=O) groups is 2. The molecule has 1 amide bonds. The van der Waals surface area contributed by atoms with E-state index in [9.17, 15) is 18.4 Å². The normalized spacial score (nSPS) is 16.2. The minimum Gasteiger partial charge on any atom is -0.488 e. The number of aliphatic hydroxyl groups excluding tert-OH is 1. The van der Waals surface area contributed by atoms with Crippen LogP contribution in [0.4, 0.5) is 8.78 Å². The van der Waals surface area contributed by atoms with Crippen molar-refractivity contribution >= 4 is 27.6 Å². The lowest BCUT2D eigenvalue weighted by molar-refractivity contribution is -0.131. The van der Waals surface area contributed by atoms with Crippen molar-refractivity contribution in [3.8, 4) is 5.75 Å². The Bertz CT molecular complexity index is 964. The van der Waals surface area contributed by atoms with Crippen LogP contribution in [0.3, 0.4) is 0 Å². The van der Waals surface area contributed by atoms with E-state index in [1.165, 1.54) is 47.5 Å². The van der Waals surface area contributed by atoms with Gasteiger partial charge >= 0.3 is 0 Å². The van der Waals surface area contributed by atoms with Crippen molar-refractivity contribution in [1.29, 1.82) is 0 Å². The third kappa shape index (κ3) is 5.07. The number of amides is 1. The molecule has 152 valence electrons. The van der Waals surface area contributed by atoms with E-state index in [0.717, 1.165) is 0 Å². The summed E-state index contributed by atoms with van der Waals surface area (Å²) in [4.78, 5) is 26.3. The van der Waals surface area contributed by atoms with Gasteiger partial charge in [0.15, 0.2) is 17.3 Å². The van der Waals surface area contributed by atoms with E-state index in [2.05, 4.69) is 15.9 Å². The molecule has 2 aromatic carbocycles. The highest BCUT2D eigenvalue weighted by molar-refractivity contribution is 9.10. The Morgan fingerprint density at radius 3 is 2.79 bits per heavy atom. The molecular formula is C21H18BrF2NO4. The van der Waals surface area contributed by atoms with Crippen molar-refractivity contribution in [2.75, 3.05) is 13.2 Å². The van der Waals surface area contributed by atoms with Crippen LogP contribution in [0, 0.1) is 11.6 Å². The van der Waals surface area contributed by atoms with Crippen molar-refractivity contribution < 1.29 is 28.2 Å². The van der Waals surface area contributed by atoms with Gasteiger partial charge in [-0.15, -0.1) is 0 Å². The topological polar surface area (TPSA) is 66.8 Å². The number of ketones is 1. The molecule has 0 saturated carbocycles. The van der Waals surface area contributed by atoms with Gasteiger partial charge in [-0.3, -0.25) is 9.59 Å². The molecule has 0 fully saturated rings. The van der Waals surface area contributed by atoms with Crippen LogP contribution in [0.25, 0.3) is 0 Å². The molecule has 1 aliphatic rings. The van der Waals surface area contributed by atoms with Gasteiger partial charge in [-0.25, -0.2) is 8.78 Å². The highest BCUT2D eigenvalue weighted by atomic mass is 79.9. The SMILES string of the molecule is O=C1C=CN(C(=O)Cc2cc(OCCO)c(F)cc2Br)[C@H](c2cccc(F)c2)C1. The van der Waals surface area contributed by atoms with Gasteiger partial charge in [-0.05, 0) is 41.5 Å². The summed E-state index contributed by atoms with van der Waals surface area (Å²) >= 11 is 3.24. The zero-order valence-electron chi connectivity index (χ0n) is 15.3. The lowest BCUT2D eigenvalue weighted by Crippen LogP contribution is -2.35. The first-order valence-electron chi connectivity index (χ1n) is 8.88. The predicted molar refractivity (Wildman–Crippen MR) is 105 cm³/mol. The summed E-state index contributed by atoms with van der Waals surface area (Å²) in [5.41, 5.74) is 0.994. The van der Waals surface area contributed by atoms with Gasteiger partial charge in [-0.1, -0.05) is 28.1 Å². The summed E-state index contributed by atoms with van der Waals surface area (Å²) in [6.45, 7) is -0.351. The lowest BCUT2D eigenvalue weighted by Gasteiger charge is -2.31. The van der Waals surface area contributed by atoms with Crippen LogP contribution >= 0.6 is 15.9 Å². The third-order valence-electron chi connectivity index (χ3n) is 4.46. The second kappa shape index (κ2) is 9.28. The fourth-order valence-electron chi connectivity index (χ4n) is 3.10. The van der Waals surface area contributed by atoms with Gasteiger partial charge in [0.25, 0.3) is 0 Å². The van der Waals surface area contributed by atoms with Gasteiger partial charge in [0.2, 0.25) is 5.91 Å². The molecule has 1 aliphatic heterocycles. The molecule has 0 saturated heterocycles. The molecule has 0 bridgehead atoms. The molecule has 1 atom stereocenters. The maximum Gasteiger partial charge on any atom is 0.231 e. The maximum absolute atomic E-state index is 14.0. The highest BCUT2D eigenvalue weighted by Gasteiger charge is 2.29. The number of nitrogens with zero attached hydrogens (tertiary/aromatic N) is 1. The number of benzene rings is 2. The Labute approximate surface area is 174 Å². The van der Waals surface area contributed by atoms with Crippen molar-refractivity contribution in [1.82, 2.24) is 4.90 Å². The summed E-state index contributed by atoms with van der Waals surface area (Å²) in [7, 11) is 0. The Hall–Kier alpha value is -2.58. The number of ether oxygens (including phenoxy) is 1. The highest BCUT2D eigenvalue weighted by Crippen LogP contribution is 2.31.